The third-order valence-electron chi connectivity index (χ3n) is 3.08. The third-order valence-corrected chi connectivity index (χ3v) is 4.30. The molecule has 0 radical (unpaired) electrons. The zero-order valence-electron chi connectivity index (χ0n) is 10.4. The van der Waals surface area contributed by atoms with Gasteiger partial charge in [-0.05, 0) is 24.3 Å². The summed E-state index contributed by atoms with van der Waals surface area (Å²) in [4.78, 5) is 26.8. The lowest BCUT2D eigenvalue weighted by Gasteiger charge is -2.21. The number of para-hydroxylation sites is 1. The highest BCUT2D eigenvalue weighted by molar-refractivity contribution is 7.16. The number of amides is 2. The SMILES string of the molecule is O=C1NCC(=O)N(Cc2ccc(Cl)s2)c2ccccc21. The van der Waals surface area contributed by atoms with Crippen LogP contribution in [-0.2, 0) is 11.3 Å². The van der Waals surface area contributed by atoms with E-state index in [1.54, 1.807) is 29.2 Å². The Morgan fingerprint density at radius 1 is 1.20 bits per heavy atom. The molecule has 0 spiro atoms. The lowest BCUT2D eigenvalue weighted by Crippen LogP contribution is -2.35. The summed E-state index contributed by atoms with van der Waals surface area (Å²) in [5.41, 5.74) is 1.15. The molecular weight excluding hydrogens is 296 g/mol. The van der Waals surface area contributed by atoms with Gasteiger partial charge in [0.25, 0.3) is 5.91 Å². The molecule has 1 aromatic carbocycles. The Morgan fingerprint density at radius 2 is 2.00 bits per heavy atom. The van der Waals surface area contributed by atoms with Gasteiger partial charge in [0.05, 0.1) is 28.7 Å². The lowest BCUT2D eigenvalue weighted by molar-refractivity contribution is -0.117. The van der Waals surface area contributed by atoms with E-state index in [0.29, 0.717) is 22.1 Å². The van der Waals surface area contributed by atoms with Gasteiger partial charge in [-0.15, -0.1) is 11.3 Å². The Hall–Kier alpha value is -1.85. The number of benzene rings is 1. The quantitative estimate of drug-likeness (QED) is 0.927. The van der Waals surface area contributed by atoms with Crippen molar-refractivity contribution in [2.45, 2.75) is 6.54 Å². The molecule has 1 aliphatic rings. The van der Waals surface area contributed by atoms with Crippen molar-refractivity contribution in [3.8, 4) is 0 Å². The molecule has 0 saturated heterocycles. The van der Waals surface area contributed by atoms with E-state index in [9.17, 15) is 9.59 Å². The number of carbonyl (C=O) groups excluding carboxylic acids is 2. The summed E-state index contributed by atoms with van der Waals surface area (Å²) in [7, 11) is 0. The second kappa shape index (κ2) is 5.26. The van der Waals surface area contributed by atoms with Crippen LogP contribution in [0.5, 0.6) is 0 Å². The van der Waals surface area contributed by atoms with Crippen LogP contribution in [0.1, 0.15) is 15.2 Å². The maximum Gasteiger partial charge on any atom is 0.253 e. The summed E-state index contributed by atoms with van der Waals surface area (Å²) in [6.45, 7) is 0.425. The van der Waals surface area contributed by atoms with E-state index < -0.39 is 0 Å². The second-order valence-electron chi connectivity index (χ2n) is 4.39. The summed E-state index contributed by atoms with van der Waals surface area (Å²) in [5.74, 6) is -0.353. The van der Waals surface area contributed by atoms with E-state index in [1.165, 1.54) is 11.3 Å². The monoisotopic (exact) mass is 306 g/mol. The maximum atomic E-state index is 12.2. The Kier molecular flexibility index (Phi) is 3.46. The molecule has 2 aromatic rings. The average molecular weight is 307 g/mol. The molecule has 0 unspecified atom stereocenters. The molecule has 1 aromatic heterocycles. The molecule has 1 N–H and O–H groups in total. The molecule has 20 heavy (non-hydrogen) atoms. The topological polar surface area (TPSA) is 49.4 Å². The minimum absolute atomic E-state index is 0.00657. The Morgan fingerprint density at radius 3 is 2.75 bits per heavy atom. The van der Waals surface area contributed by atoms with Crippen molar-refractivity contribution in [1.29, 1.82) is 0 Å². The number of thiophene rings is 1. The van der Waals surface area contributed by atoms with E-state index >= 15 is 0 Å². The molecule has 0 aliphatic carbocycles. The van der Waals surface area contributed by atoms with Gasteiger partial charge in [0.1, 0.15) is 0 Å². The van der Waals surface area contributed by atoms with Crippen LogP contribution in [0.3, 0.4) is 0 Å². The van der Waals surface area contributed by atoms with Crippen LogP contribution in [0, 0.1) is 0 Å². The number of nitrogens with zero attached hydrogens (tertiary/aromatic N) is 1. The van der Waals surface area contributed by atoms with Gasteiger partial charge in [-0.25, -0.2) is 0 Å². The van der Waals surface area contributed by atoms with E-state index in [0.717, 1.165) is 4.88 Å². The van der Waals surface area contributed by atoms with Crippen molar-refractivity contribution < 1.29 is 9.59 Å². The number of halogens is 1. The molecule has 102 valence electrons. The average Bonchev–Trinajstić information content (AvgIpc) is 2.82. The number of fused-ring (bicyclic) bond motifs is 1. The molecular formula is C14H11ClN2O2S. The standard InChI is InChI=1S/C14H11ClN2O2S/c15-12-6-5-9(20-12)8-17-11-4-2-1-3-10(11)14(19)16-7-13(17)18/h1-6H,7-8H2,(H,16,19). The van der Waals surface area contributed by atoms with Gasteiger partial charge >= 0.3 is 0 Å². The van der Waals surface area contributed by atoms with Crippen LogP contribution in [0.2, 0.25) is 4.34 Å². The molecule has 0 saturated carbocycles. The number of rotatable bonds is 2. The second-order valence-corrected chi connectivity index (χ2v) is 6.19. The number of nitrogens with one attached hydrogen (secondary N) is 1. The van der Waals surface area contributed by atoms with Crippen LogP contribution in [0.15, 0.2) is 36.4 Å². The van der Waals surface area contributed by atoms with Crippen molar-refractivity contribution >= 4 is 40.4 Å². The summed E-state index contributed by atoms with van der Waals surface area (Å²) < 4.78 is 0.685. The number of hydrogen-bond acceptors (Lipinski definition) is 3. The first-order chi connectivity index (χ1) is 9.65. The molecule has 0 bridgehead atoms. The van der Waals surface area contributed by atoms with Gasteiger partial charge in [0.2, 0.25) is 5.91 Å². The predicted octanol–water partition coefficient (Wildman–Crippen LogP) is 2.68. The van der Waals surface area contributed by atoms with Crippen molar-refractivity contribution in [3.63, 3.8) is 0 Å². The smallest absolute Gasteiger partial charge is 0.253 e. The van der Waals surface area contributed by atoms with E-state index in [-0.39, 0.29) is 18.4 Å². The number of carbonyl (C=O) groups is 2. The van der Waals surface area contributed by atoms with E-state index in [2.05, 4.69) is 5.32 Å². The highest BCUT2D eigenvalue weighted by Crippen LogP contribution is 2.28. The van der Waals surface area contributed by atoms with Crippen molar-refractivity contribution in [1.82, 2.24) is 5.32 Å². The van der Waals surface area contributed by atoms with Gasteiger partial charge in [-0.3, -0.25) is 9.59 Å². The first-order valence-electron chi connectivity index (χ1n) is 6.07. The highest BCUT2D eigenvalue weighted by atomic mass is 35.5. The molecule has 4 nitrogen and oxygen atoms in total. The lowest BCUT2D eigenvalue weighted by atomic mass is 10.1. The summed E-state index contributed by atoms with van der Waals surface area (Å²) in [6.07, 6.45) is 0. The predicted molar refractivity (Wildman–Crippen MR) is 79.3 cm³/mol. The zero-order valence-corrected chi connectivity index (χ0v) is 12.0. The van der Waals surface area contributed by atoms with Crippen LogP contribution < -0.4 is 10.2 Å². The molecule has 2 amide bonds. The molecule has 2 heterocycles. The minimum atomic E-state index is -0.222. The van der Waals surface area contributed by atoms with Crippen LogP contribution in [0.4, 0.5) is 5.69 Å². The van der Waals surface area contributed by atoms with Crippen molar-refractivity contribution in [2.24, 2.45) is 0 Å². The van der Waals surface area contributed by atoms with Gasteiger partial charge in [-0.2, -0.15) is 0 Å². The van der Waals surface area contributed by atoms with Gasteiger partial charge < -0.3 is 10.2 Å². The summed E-state index contributed by atoms with van der Waals surface area (Å²) in [5, 5.41) is 2.62. The molecule has 0 atom stereocenters. The first-order valence-corrected chi connectivity index (χ1v) is 7.26. The normalized spacial score (nSPS) is 14.8. The molecule has 6 heteroatoms. The van der Waals surface area contributed by atoms with Crippen LogP contribution >= 0.6 is 22.9 Å². The summed E-state index contributed by atoms with van der Waals surface area (Å²) >= 11 is 7.35. The molecule has 1 aliphatic heterocycles. The maximum absolute atomic E-state index is 12.2. The largest absolute Gasteiger partial charge is 0.343 e. The number of anilines is 1. The van der Waals surface area contributed by atoms with Gasteiger partial charge in [0.15, 0.2) is 0 Å². The Balaban J connectivity index is 2.01. The van der Waals surface area contributed by atoms with Gasteiger partial charge in [-0.1, -0.05) is 23.7 Å². The summed E-state index contributed by atoms with van der Waals surface area (Å²) in [6, 6.07) is 10.8. The molecule has 0 fully saturated rings. The van der Waals surface area contributed by atoms with Crippen molar-refractivity contribution in [3.05, 3.63) is 51.2 Å². The number of hydrogen-bond donors (Lipinski definition) is 1. The van der Waals surface area contributed by atoms with Crippen molar-refractivity contribution in [2.75, 3.05) is 11.4 Å². The Labute approximate surface area is 125 Å². The molecule has 3 rings (SSSR count). The van der Waals surface area contributed by atoms with E-state index in [1.807, 2.05) is 12.1 Å². The fraction of sp³-hybridized carbons (Fsp3) is 0.143. The third kappa shape index (κ3) is 2.42. The zero-order chi connectivity index (χ0) is 14.1. The Bertz CT molecular complexity index is 683. The van der Waals surface area contributed by atoms with E-state index in [4.69, 9.17) is 11.6 Å². The van der Waals surface area contributed by atoms with Crippen LogP contribution in [-0.4, -0.2) is 18.4 Å². The fourth-order valence-electron chi connectivity index (χ4n) is 2.15. The fourth-order valence-corrected chi connectivity index (χ4v) is 3.22. The van der Waals surface area contributed by atoms with Crippen LogP contribution in [0.25, 0.3) is 0 Å². The van der Waals surface area contributed by atoms with Gasteiger partial charge in [0, 0.05) is 4.88 Å². The highest BCUT2D eigenvalue weighted by Gasteiger charge is 2.26. The first kappa shape index (κ1) is 13.1. The minimum Gasteiger partial charge on any atom is -0.343 e.